The van der Waals surface area contributed by atoms with E-state index in [1.807, 2.05) is 0 Å². The van der Waals surface area contributed by atoms with Crippen LogP contribution >= 0.6 is 23.2 Å². The smallest absolute Gasteiger partial charge is 0.514 e. The molecule has 2 fully saturated rings. The van der Waals surface area contributed by atoms with Crippen molar-refractivity contribution in [3.05, 3.63) is 80.7 Å². The van der Waals surface area contributed by atoms with Gasteiger partial charge in [0.1, 0.15) is 33.1 Å². The van der Waals surface area contributed by atoms with Crippen LogP contribution in [-0.2, 0) is 35.4 Å². The van der Waals surface area contributed by atoms with Crippen molar-refractivity contribution in [3.63, 3.8) is 0 Å². The normalized spacial score (nSPS) is 14.8. The van der Waals surface area contributed by atoms with E-state index >= 15 is 0 Å². The highest BCUT2D eigenvalue weighted by Crippen LogP contribution is 2.38. The highest BCUT2D eigenvalue weighted by molar-refractivity contribution is 7.92. The number of carbonyl (C=O) groups excluding carboxylic acids is 3. The molecule has 0 spiro atoms. The molecule has 1 heterocycles. The Bertz CT molecular complexity index is 2020. The molecule has 0 aliphatic heterocycles. The third-order valence-corrected chi connectivity index (χ3v) is 10.3. The van der Waals surface area contributed by atoms with E-state index in [1.54, 1.807) is 20.8 Å². The molecular weight excluding hydrogens is 805 g/mol. The van der Waals surface area contributed by atoms with E-state index in [0.717, 1.165) is 50.2 Å². The van der Waals surface area contributed by atoms with E-state index in [1.165, 1.54) is 24.3 Å². The first-order valence-electron chi connectivity index (χ1n) is 17.5. The molecule has 1 atom stereocenters. The molecule has 0 unspecified atom stereocenters. The number of benzene rings is 2. The Kier molecular flexibility index (Phi) is 13.8. The fourth-order valence-corrected chi connectivity index (χ4v) is 7.05. The number of anilines is 1. The second-order valence-corrected chi connectivity index (χ2v) is 17.0. The van der Waals surface area contributed by atoms with Gasteiger partial charge in [0.05, 0.1) is 12.4 Å². The molecule has 0 radical (unpaired) electrons. The van der Waals surface area contributed by atoms with Gasteiger partial charge in [-0.05, 0) is 87.8 Å². The SMILES string of the molecule is CC(C)(C)OC(=O)Oc1ccc(NS(=O)(=O)CCC2CC2)cc1C(=O)OCC(=O)O[C@@H](Cc1c(Cl)c[n+]([O-])cc1Cl)c1ccc(OC(F)F)c(OCC2CC2)c1. The molecule has 2 aromatic carbocycles. The molecule has 304 valence electrons. The zero-order valence-corrected chi connectivity index (χ0v) is 32.9. The second kappa shape index (κ2) is 18.1. The summed E-state index contributed by atoms with van der Waals surface area (Å²) in [7, 11) is -3.81. The third kappa shape index (κ3) is 13.3. The number of esters is 2. The van der Waals surface area contributed by atoms with Crippen molar-refractivity contribution in [3.8, 4) is 17.2 Å². The lowest BCUT2D eigenvalue weighted by molar-refractivity contribution is -0.605. The fourth-order valence-electron chi connectivity index (χ4n) is 5.22. The first-order chi connectivity index (χ1) is 26.3. The molecule has 19 heteroatoms. The number of hydrogen-bond acceptors (Lipinski definition) is 12. The van der Waals surface area contributed by atoms with Gasteiger partial charge in [-0.2, -0.15) is 13.5 Å². The van der Waals surface area contributed by atoms with E-state index in [-0.39, 0.29) is 68.8 Å². The number of hydrogen-bond donors (Lipinski definition) is 1. The molecule has 0 saturated heterocycles. The van der Waals surface area contributed by atoms with Crippen LogP contribution in [0.25, 0.3) is 0 Å². The van der Waals surface area contributed by atoms with Crippen molar-refractivity contribution in [1.29, 1.82) is 0 Å². The van der Waals surface area contributed by atoms with Crippen molar-refractivity contribution >= 4 is 57.0 Å². The van der Waals surface area contributed by atoms with Gasteiger partial charge < -0.3 is 33.6 Å². The van der Waals surface area contributed by atoms with Crippen LogP contribution in [0.2, 0.25) is 10.0 Å². The number of halogens is 4. The minimum atomic E-state index is -3.81. The first-order valence-corrected chi connectivity index (χ1v) is 19.9. The summed E-state index contributed by atoms with van der Waals surface area (Å²) in [5.74, 6) is -2.54. The first kappa shape index (κ1) is 42.5. The largest absolute Gasteiger partial charge is 0.619 e. The van der Waals surface area contributed by atoms with E-state index in [4.69, 9.17) is 46.9 Å². The Balaban J connectivity index is 1.37. The number of nitrogens with one attached hydrogen (secondary N) is 1. The molecule has 1 N–H and O–H groups in total. The monoisotopic (exact) mass is 844 g/mol. The predicted molar refractivity (Wildman–Crippen MR) is 198 cm³/mol. The zero-order chi connectivity index (χ0) is 40.8. The summed E-state index contributed by atoms with van der Waals surface area (Å²) in [6.07, 6.45) is 3.60. The molecule has 5 rings (SSSR count). The van der Waals surface area contributed by atoms with Crippen molar-refractivity contribution in [2.75, 3.05) is 23.7 Å². The maximum absolute atomic E-state index is 13.5. The predicted octanol–water partition coefficient (Wildman–Crippen LogP) is 7.56. The highest BCUT2D eigenvalue weighted by atomic mass is 35.5. The van der Waals surface area contributed by atoms with Crippen LogP contribution < -0.4 is 23.7 Å². The molecule has 0 bridgehead atoms. The van der Waals surface area contributed by atoms with Gasteiger partial charge in [-0.25, -0.2) is 22.8 Å². The molecule has 2 aliphatic rings. The van der Waals surface area contributed by atoms with Gasteiger partial charge in [0.15, 0.2) is 30.5 Å². The fraction of sp³-hybridized carbons (Fsp3) is 0.459. The number of ether oxygens (including phenoxy) is 6. The summed E-state index contributed by atoms with van der Waals surface area (Å²) in [5, 5.41) is 11.8. The number of nitrogens with zero attached hydrogens (tertiary/aromatic N) is 1. The van der Waals surface area contributed by atoms with Crippen LogP contribution in [0.3, 0.4) is 0 Å². The number of aromatic nitrogens is 1. The number of alkyl halides is 2. The number of pyridine rings is 1. The van der Waals surface area contributed by atoms with Gasteiger partial charge in [-0.3, -0.25) is 4.72 Å². The summed E-state index contributed by atoms with van der Waals surface area (Å²) in [6, 6.07) is 7.43. The Morgan fingerprint density at radius 2 is 1.62 bits per heavy atom. The molecular formula is C37H40Cl2F2N2O12S. The van der Waals surface area contributed by atoms with Gasteiger partial charge in [-0.15, -0.1) is 0 Å². The van der Waals surface area contributed by atoms with Crippen LogP contribution in [0, 0.1) is 17.0 Å². The number of sulfonamides is 1. The van der Waals surface area contributed by atoms with Crippen LogP contribution in [0.4, 0.5) is 19.3 Å². The summed E-state index contributed by atoms with van der Waals surface area (Å²) >= 11 is 12.6. The summed E-state index contributed by atoms with van der Waals surface area (Å²) in [4.78, 5) is 39.3. The molecule has 2 saturated carbocycles. The molecule has 2 aliphatic carbocycles. The Morgan fingerprint density at radius 3 is 2.25 bits per heavy atom. The highest BCUT2D eigenvalue weighted by Gasteiger charge is 2.29. The third-order valence-electron chi connectivity index (χ3n) is 8.32. The van der Waals surface area contributed by atoms with E-state index in [9.17, 15) is 36.8 Å². The maximum Gasteiger partial charge on any atom is 0.514 e. The van der Waals surface area contributed by atoms with Gasteiger partial charge in [0.25, 0.3) is 0 Å². The lowest BCUT2D eigenvalue weighted by Crippen LogP contribution is -2.27. The van der Waals surface area contributed by atoms with E-state index < -0.39 is 58.6 Å². The van der Waals surface area contributed by atoms with Crippen molar-refractivity contribution < 1.29 is 64.7 Å². The van der Waals surface area contributed by atoms with Crippen LogP contribution in [0.5, 0.6) is 17.2 Å². The zero-order valence-electron chi connectivity index (χ0n) is 30.6. The summed E-state index contributed by atoms with van der Waals surface area (Å²) in [6.45, 7) is 0.842. The maximum atomic E-state index is 13.5. The van der Waals surface area contributed by atoms with Crippen molar-refractivity contribution in [2.45, 2.75) is 77.6 Å². The van der Waals surface area contributed by atoms with Crippen LogP contribution in [0.15, 0.2) is 48.8 Å². The average Bonchev–Trinajstić information content (AvgIpc) is 4.02. The minimum Gasteiger partial charge on any atom is -0.619 e. The summed E-state index contributed by atoms with van der Waals surface area (Å²) in [5.41, 5.74) is -1.01. The van der Waals surface area contributed by atoms with E-state index in [0.29, 0.717) is 17.1 Å². The van der Waals surface area contributed by atoms with Gasteiger partial charge in [0, 0.05) is 17.7 Å². The minimum absolute atomic E-state index is 0.0399. The van der Waals surface area contributed by atoms with Gasteiger partial charge in [-0.1, -0.05) is 42.1 Å². The lowest BCUT2D eigenvalue weighted by Gasteiger charge is -2.21. The Hall–Kier alpha value is -4.61. The quantitative estimate of drug-likeness (QED) is 0.0437. The van der Waals surface area contributed by atoms with Gasteiger partial charge in [0.2, 0.25) is 10.0 Å². The Morgan fingerprint density at radius 1 is 0.964 bits per heavy atom. The average molecular weight is 846 g/mol. The topological polar surface area (TPSA) is 180 Å². The van der Waals surface area contributed by atoms with Gasteiger partial charge >= 0.3 is 24.7 Å². The number of carbonyl (C=O) groups is 3. The summed E-state index contributed by atoms with van der Waals surface area (Å²) < 4.78 is 86.5. The van der Waals surface area contributed by atoms with E-state index in [2.05, 4.69) is 9.46 Å². The van der Waals surface area contributed by atoms with Crippen LogP contribution in [0.1, 0.15) is 80.5 Å². The van der Waals surface area contributed by atoms with Crippen LogP contribution in [-0.4, -0.2) is 57.7 Å². The second-order valence-electron chi connectivity index (χ2n) is 14.3. The lowest BCUT2D eigenvalue weighted by atomic mass is 10.0. The standard InChI is InChI=1S/C37H40Cl2F2N2O12S/c1-37(2,3)55-36(46)54-29-11-9-24(42-56(48,49)13-12-21-4-5-21)15-26(29)34(45)51-20-33(44)52-31(16-25-27(38)17-43(47)18-28(25)39)23-8-10-30(53-35(40)41)32(14-23)50-19-22-6-7-22/h8-11,14-15,17-18,21-22,31,35,42H,4-7,12-13,16,19-20H2,1-3H3/t31-/m0/s1. The van der Waals surface area contributed by atoms with Crippen molar-refractivity contribution in [2.24, 2.45) is 11.8 Å². The molecule has 1 aromatic heterocycles. The number of rotatable bonds is 18. The molecule has 14 nitrogen and oxygen atoms in total. The molecule has 3 aromatic rings. The Labute approximate surface area is 331 Å². The molecule has 0 amide bonds. The van der Waals surface area contributed by atoms with Crippen molar-refractivity contribution in [1.82, 2.24) is 0 Å². The molecule has 56 heavy (non-hydrogen) atoms.